The van der Waals surface area contributed by atoms with Crippen molar-refractivity contribution in [2.75, 3.05) is 0 Å². The first kappa shape index (κ1) is 13.9. The standard InChI is InChI=1S/C11H24O2Si/c1-8(14)9(12-10(2,3)4)13-11(5,6)7/h9H,1H2,2-7,14H3. The highest BCUT2D eigenvalue weighted by molar-refractivity contribution is 6.21. The van der Waals surface area contributed by atoms with Crippen LogP contribution in [0.15, 0.2) is 11.8 Å². The molecule has 0 aliphatic heterocycles. The molecular formula is C11H24O2Si. The Morgan fingerprint density at radius 2 is 1.29 bits per heavy atom. The van der Waals surface area contributed by atoms with Gasteiger partial charge in [-0.3, -0.25) is 0 Å². The van der Waals surface area contributed by atoms with Gasteiger partial charge in [0.1, 0.15) is 0 Å². The van der Waals surface area contributed by atoms with Crippen LogP contribution in [-0.4, -0.2) is 27.7 Å². The average Bonchev–Trinajstić information content (AvgIpc) is 1.78. The molecule has 0 aliphatic carbocycles. The molecule has 0 fully saturated rings. The Kier molecular flexibility index (Phi) is 4.56. The van der Waals surface area contributed by atoms with Gasteiger partial charge in [-0.15, -0.1) is 0 Å². The van der Waals surface area contributed by atoms with Crippen LogP contribution in [0.5, 0.6) is 0 Å². The molecule has 0 aromatic heterocycles. The van der Waals surface area contributed by atoms with E-state index in [1.165, 1.54) is 0 Å². The van der Waals surface area contributed by atoms with E-state index < -0.39 is 0 Å². The Balaban J connectivity index is 4.40. The first-order valence-corrected chi connectivity index (χ1v) is 6.02. The summed E-state index contributed by atoms with van der Waals surface area (Å²) in [5, 5.41) is 1.04. The molecule has 14 heavy (non-hydrogen) atoms. The molecule has 0 radical (unpaired) electrons. The molecular weight excluding hydrogens is 192 g/mol. The summed E-state index contributed by atoms with van der Waals surface area (Å²) >= 11 is 0. The van der Waals surface area contributed by atoms with E-state index >= 15 is 0 Å². The van der Waals surface area contributed by atoms with Crippen molar-refractivity contribution < 1.29 is 9.47 Å². The predicted octanol–water partition coefficient (Wildman–Crippen LogP) is 1.82. The summed E-state index contributed by atoms with van der Waals surface area (Å²) in [4.78, 5) is 0. The van der Waals surface area contributed by atoms with E-state index in [4.69, 9.17) is 9.47 Å². The Morgan fingerprint density at radius 3 is 1.43 bits per heavy atom. The van der Waals surface area contributed by atoms with Crippen LogP contribution in [0.2, 0.25) is 0 Å². The lowest BCUT2D eigenvalue weighted by molar-refractivity contribution is -0.211. The molecule has 2 nitrogen and oxygen atoms in total. The zero-order valence-corrected chi connectivity index (χ0v) is 12.6. The van der Waals surface area contributed by atoms with E-state index in [2.05, 4.69) is 6.58 Å². The summed E-state index contributed by atoms with van der Waals surface area (Å²) in [6.07, 6.45) is -0.262. The van der Waals surface area contributed by atoms with Crippen molar-refractivity contribution in [2.45, 2.75) is 59.0 Å². The summed E-state index contributed by atoms with van der Waals surface area (Å²) in [7, 11) is 0.894. The second-order valence-electron chi connectivity index (χ2n) is 5.64. The maximum absolute atomic E-state index is 5.79. The maximum atomic E-state index is 5.79. The second kappa shape index (κ2) is 4.60. The second-order valence-corrected chi connectivity index (χ2v) is 6.92. The summed E-state index contributed by atoms with van der Waals surface area (Å²) in [6, 6.07) is 0. The summed E-state index contributed by atoms with van der Waals surface area (Å²) < 4.78 is 11.6. The Morgan fingerprint density at radius 1 is 1.00 bits per heavy atom. The van der Waals surface area contributed by atoms with Gasteiger partial charge in [0.2, 0.25) is 0 Å². The van der Waals surface area contributed by atoms with Crippen molar-refractivity contribution in [1.29, 1.82) is 0 Å². The normalized spacial score (nSPS) is 13.6. The lowest BCUT2D eigenvalue weighted by Gasteiger charge is -2.33. The zero-order valence-electron chi connectivity index (χ0n) is 10.6. The van der Waals surface area contributed by atoms with E-state index in [9.17, 15) is 0 Å². The molecule has 0 heterocycles. The van der Waals surface area contributed by atoms with E-state index in [1.807, 2.05) is 41.5 Å². The predicted molar refractivity (Wildman–Crippen MR) is 64.5 cm³/mol. The number of ether oxygens (including phenoxy) is 2. The highest BCUT2D eigenvalue weighted by Gasteiger charge is 2.24. The number of hydrogen-bond acceptors (Lipinski definition) is 2. The van der Waals surface area contributed by atoms with Crippen molar-refractivity contribution in [3.05, 3.63) is 11.8 Å². The number of hydrogen-bond donors (Lipinski definition) is 0. The zero-order chi connectivity index (χ0) is 11.6. The lowest BCUT2D eigenvalue weighted by atomic mass is 10.2. The van der Waals surface area contributed by atoms with E-state index in [0.717, 1.165) is 15.4 Å². The van der Waals surface area contributed by atoms with Crippen molar-refractivity contribution in [3.8, 4) is 0 Å². The monoisotopic (exact) mass is 216 g/mol. The van der Waals surface area contributed by atoms with Crippen LogP contribution >= 0.6 is 0 Å². The van der Waals surface area contributed by atoms with Crippen LogP contribution in [0.3, 0.4) is 0 Å². The van der Waals surface area contributed by atoms with Crippen LogP contribution in [0.25, 0.3) is 0 Å². The van der Waals surface area contributed by atoms with Crippen LogP contribution in [0.1, 0.15) is 41.5 Å². The molecule has 0 unspecified atom stereocenters. The van der Waals surface area contributed by atoms with Crippen LogP contribution in [-0.2, 0) is 9.47 Å². The molecule has 0 atom stereocenters. The summed E-state index contributed by atoms with van der Waals surface area (Å²) in [6.45, 7) is 16.1. The third kappa shape index (κ3) is 7.30. The van der Waals surface area contributed by atoms with Gasteiger partial charge in [-0.2, -0.15) is 0 Å². The molecule has 0 spiro atoms. The van der Waals surface area contributed by atoms with E-state index in [-0.39, 0.29) is 17.5 Å². The van der Waals surface area contributed by atoms with Crippen molar-refractivity contribution in [2.24, 2.45) is 0 Å². The summed E-state index contributed by atoms with van der Waals surface area (Å²) in [5.41, 5.74) is -0.382. The topological polar surface area (TPSA) is 18.5 Å². The third-order valence-corrected chi connectivity index (χ3v) is 1.79. The Bertz CT molecular complexity index is 182. The molecule has 0 rings (SSSR count). The molecule has 0 saturated carbocycles. The SMILES string of the molecule is C=C([SiH3])C(OC(C)(C)C)OC(C)(C)C. The minimum absolute atomic E-state index is 0.191. The van der Waals surface area contributed by atoms with E-state index in [0.29, 0.717) is 0 Å². The molecule has 84 valence electrons. The fourth-order valence-electron chi connectivity index (χ4n) is 0.867. The minimum Gasteiger partial charge on any atom is -0.343 e. The highest BCUT2D eigenvalue weighted by atomic mass is 28.1. The molecule has 0 bridgehead atoms. The van der Waals surface area contributed by atoms with Gasteiger partial charge in [-0.25, -0.2) is 0 Å². The Labute approximate surface area is 91.1 Å². The smallest absolute Gasteiger partial charge is 0.176 e. The van der Waals surface area contributed by atoms with Gasteiger partial charge in [-0.05, 0) is 46.7 Å². The molecule has 0 aromatic carbocycles. The van der Waals surface area contributed by atoms with Crippen LogP contribution in [0.4, 0.5) is 0 Å². The fraction of sp³-hybridized carbons (Fsp3) is 0.818. The molecule has 0 saturated heterocycles. The number of rotatable bonds is 3. The van der Waals surface area contributed by atoms with Crippen LogP contribution < -0.4 is 0 Å². The van der Waals surface area contributed by atoms with Crippen molar-refractivity contribution >= 4 is 10.2 Å². The van der Waals surface area contributed by atoms with Gasteiger partial charge in [0.25, 0.3) is 0 Å². The quantitative estimate of drug-likeness (QED) is 0.529. The Hall–Kier alpha value is -0.123. The molecule has 3 heteroatoms. The van der Waals surface area contributed by atoms with Gasteiger partial charge >= 0.3 is 0 Å². The first-order valence-electron chi connectivity index (χ1n) is 5.02. The molecule has 0 N–H and O–H groups in total. The average molecular weight is 216 g/mol. The van der Waals surface area contributed by atoms with Crippen molar-refractivity contribution in [3.63, 3.8) is 0 Å². The van der Waals surface area contributed by atoms with Gasteiger partial charge in [0, 0.05) is 10.2 Å². The minimum atomic E-state index is -0.262. The van der Waals surface area contributed by atoms with Crippen LogP contribution in [0, 0.1) is 0 Å². The molecule has 0 aromatic rings. The van der Waals surface area contributed by atoms with Gasteiger partial charge in [0.15, 0.2) is 6.29 Å². The van der Waals surface area contributed by atoms with Crippen molar-refractivity contribution in [1.82, 2.24) is 0 Å². The lowest BCUT2D eigenvalue weighted by Crippen LogP contribution is -2.36. The maximum Gasteiger partial charge on any atom is 0.176 e. The van der Waals surface area contributed by atoms with Gasteiger partial charge in [-0.1, -0.05) is 6.58 Å². The largest absolute Gasteiger partial charge is 0.343 e. The van der Waals surface area contributed by atoms with Gasteiger partial charge < -0.3 is 9.47 Å². The highest BCUT2D eigenvalue weighted by Crippen LogP contribution is 2.20. The third-order valence-electron chi connectivity index (χ3n) is 1.32. The molecule has 0 amide bonds. The first-order chi connectivity index (χ1) is 6.01. The molecule has 0 aliphatic rings. The van der Waals surface area contributed by atoms with Gasteiger partial charge in [0.05, 0.1) is 11.2 Å². The summed E-state index contributed by atoms with van der Waals surface area (Å²) in [5.74, 6) is 0. The fourth-order valence-corrected chi connectivity index (χ4v) is 1.10. The van der Waals surface area contributed by atoms with E-state index in [1.54, 1.807) is 0 Å².